The van der Waals surface area contributed by atoms with Crippen LogP contribution in [0.5, 0.6) is 0 Å². The first-order chi connectivity index (χ1) is 30.7. The van der Waals surface area contributed by atoms with Crippen molar-refractivity contribution in [2.24, 2.45) is 0 Å². The zero-order chi connectivity index (χ0) is 40.5. The predicted octanol–water partition coefficient (Wildman–Crippen LogP) is 15.3. The molecule has 0 unspecified atom stereocenters. The fourth-order valence-electron chi connectivity index (χ4n) is 9.80. The van der Waals surface area contributed by atoms with E-state index in [1.807, 2.05) is 22.7 Å². The molecule has 0 radical (unpaired) electrons. The Bertz CT molecular complexity index is 4130. The van der Waals surface area contributed by atoms with Gasteiger partial charge in [0.2, 0.25) is 5.95 Å². The van der Waals surface area contributed by atoms with Crippen LogP contribution >= 0.6 is 22.7 Å². The molecule has 0 saturated carbocycles. The maximum absolute atomic E-state index is 5.54. The van der Waals surface area contributed by atoms with Crippen molar-refractivity contribution >= 4 is 117 Å². The van der Waals surface area contributed by atoms with Gasteiger partial charge in [-0.25, -0.2) is 4.98 Å². The van der Waals surface area contributed by atoms with E-state index in [2.05, 4.69) is 197 Å². The van der Waals surface area contributed by atoms with E-state index >= 15 is 0 Å². The molecule has 0 aliphatic heterocycles. The van der Waals surface area contributed by atoms with Gasteiger partial charge < -0.3 is 4.57 Å². The molecular weight excluding hydrogens is 795 g/mol. The van der Waals surface area contributed by atoms with E-state index in [1.54, 1.807) is 0 Å². The van der Waals surface area contributed by atoms with E-state index in [4.69, 9.17) is 15.0 Å². The molecule has 0 fully saturated rings. The lowest BCUT2D eigenvalue weighted by molar-refractivity contribution is 0.954. The molecule has 0 aliphatic rings. The predicted molar refractivity (Wildman–Crippen MR) is 263 cm³/mol. The molecule has 7 heteroatoms. The third-order valence-corrected chi connectivity index (χ3v) is 14.8. The van der Waals surface area contributed by atoms with Gasteiger partial charge in [-0.2, -0.15) is 9.97 Å². The van der Waals surface area contributed by atoms with Gasteiger partial charge in [0, 0.05) is 78.7 Å². The molecule has 0 spiro atoms. The van der Waals surface area contributed by atoms with Gasteiger partial charge in [0.25, 0.3) is 0 Å². The summed E-state index contributed by atoms with van der Waals surface area (Å²) in [7, 11) is 0. The lowest BCUT2D eigenvalue weighted by atomic mass is 10.0. The fourth-order valence-corrected chi connectivity index (χ4v) is 12.0. The number of benzene rings is 9. The number of para-hydroxylation sites is 3. The van der Waals surface area contributed by atoms with Crippen molar-refractivity contribution in [3.8, 4) is 34.4 Å². The minimum absolute atomic E-state index is 0.582. The van der Waals surface area contributed by atoms with Crippen molar-refractivity contribution in [1.29, 1.82) is 0 Å². The first-order valence-electron chi connectivity index (χ1n) is 20.8. The Kier molecular flexibility index (Phi) is 7.08. The molecule has 0 bridgehead atoms. The minimum Gasteiger partial charge on any atom is -0.309 e. The fraction of sp³-hybridized carbons (Fsp3) is 0. The Morgan fingerprint density at radius 2 is 0.887 bits per heavy atom. The lowest BCUT2D eigenvalue weighted by Crippen LogP contribution is -2.07. The molecule has 9 aromatic carbocycles. The summed E-state index contributed by atoms with van der Waals surface area (Å²) < 4.78 is 9.55. The Hall–Kier alpha value is -7.71. The van der Waals surface area contributed by atoms with Crippen molar-refractivity contribution in [2.75, 3.05) is 0 Å². The molecule has 5 nitrogen and oxygen atoms in total. The van der Waals surface area contributed by atoms with E-state index in [9.17, 15) is 0 Å². The van der Waals surface area contributed by atoms with Crippen LogP contribution in [0, 0.1) is 0 Å². The Morgan fingerprint density at radius 1 is 0.339 bits per heavy atom. The van der Waals surface area contributed by atoms with Crippen LogP contribution < -0.4 is 0 Å². The highest BCUT2D eigenvalue weighted by Gasteiger charge is 2.23. The second-order valence-electron chi connectivity index (χ2n) is 16.0. The number of thiophene rings is 2. The molecular formula is C55H31N5S2. The third kappa shape index (κ3) is 4.92. The van der Waals surface area contributed by atoms with Crippen LogP contribution in [0.25, 0.3) is 129 Å². The van der Waals surface area contributed by atoms with Gasteiger partial charge in [-0.15, -0.1) is 22.7 Å². The smallest absolute Gasteiger partial charge is 0.238 e. The summed E-state index contributed by atoms with van der Waals surface area (Å²) in [4.78, 5) is 16.4. The van der Waals surface area contributed by atoms with Gasteiger partial charge in [-0.05, 0) is 83.6 Å². The topological polar surface area (TPSA) is 48.5 Å². The summed E-state index contributed by atoms with van der Waals surface area (Å²) in [5, 5.41) is 12.0. The second kappa shape index (κ2) is 12.9. The average molecular weight is 826 g/mol. The first kappa shape index (κ1) is 34.0. The molecule has 288 valence electrons. The van der Waals surface area contributed by atoms with E-state index in [0.717, 1.165) is 55.0 Å². The quantitative estimate of drug-likeness (QED) is 0.178. The third-order valence-electron chi connectivity index (χ3n) is 12.5. The maximum Gasteiger partial charge on any atom is 0.238 e. The van der Waals surface area contributed by atoms with Crippen molar-refractivity contribution in [3.05, 3.63) is 188 Å². The number of nitrogens with zero attached hydrogens (tertiary/aromatic N) is 5. The molecule has 62 heavy (non-hydrogen) atoms. The van der Waals surface area contributed by atoms with Crippen LogP contribution in [0.15, 0.2) is 188 Å². The minimum atomic E-state index is 0.582. The van der Waals surface area contributed by atoms with Crippen LogP contribution in [-0.4, -0.2) is 24.1 Å². The summed E-state index contributed by atoms with van der Waals surface area (Å²) in [6, 6.07) is 67.8. The van der Waals surface area contributed by atoms with Crippen molar-refractivity contribution in [1.82, 2.24) is 24.1 Å². The maximum atomic E-state index is 5.54. The van der Waals surface area contributed by atoms with E-state index < -0.39 is 0 Å². The van der Waals surface area contributed by atoms with Crippen LogP contribution in [0.1, 0.15) is 0 Å². The molecule has 14 rings (SSSR count). The number of hydrogen-bond acceptors (Lipinski definition) is 5. The Morgan fingerprint density at radius 3 is 1.63 bits per heavy atom. The molecule has 0 atom stereocenters. The number of fused-ring (bicyclic) bond motifs is 13. The van der Waals surface area contributed by atoms with Gasteiger partial charge in [-0.1, -0.05) is 115 Å². The molecule has 0 aliphatic carbocycles. The first-order valence-corrected chi connectivity index (χ1v) is 22.4. The van der Waals surface area contributed by atoms with Gasteiger partial charge >= 0.3 is 0 Å². The second-order valence-corrected chi connectivity index (χ2v) is 18.2. The molecule has 5 aromatic heterocycles. The van der Waals surface area contributed by atoms with Crippen LogP contribution in [0.3, 0.4) is 0 Å². The van der Waals surface area contributed by atoms with E-state index in [1.165, 1.54) is 56.5 Å². The Balaban J connectivity index is 1.10. The summed E-state index contributed by atoms with van der Waals surface area (Å²) in [5.74, 6) is 1.84. The Labute approximate surface area is 362 Å². The van der Waals surface area contributed by atoms with Gasteiger partial charge in [0.15, 0.2) is 11.6 Å². The highest BCUT2D eigenvalue weighted by Crippen LogP contribution is 2.44. The van der Waals surface area contributed by atoms with E-state index in [-0.39, 0.29) is 0 Å². The van der Waals surface area contributed by atoms with Crippen LogP contribution in [-0.2, 0) is 0 Å². The van der Waals surface area contributed by atoms with Crippen molar-refractivity contribution in [2.45, 2.75) is 0 Å². The molecule has 14 aromatic rings. The molecule has 0 saturated heterocycles. The number of aromatic nitrogens is 5. The van der Waals surface area contributed by atoms with E-state index in [0.29, 0.717) is 17.6 Å². The largest absolute Gasteiger partial charge is 0.309 e. The summed E-state index contributed by atoms with van der Waals surface area (Å²) >= 11 is 3.63. The average Bonchev–Trinajstić information content (AvgIpc) is 4.08. The summed E-state index contributed by atoms with van der Waals surface area (Å²) in [5.41, 5.74) is 7.39. The van der Waals surface area contributed by atoms with Crippen molar-refractivity contribution in [3.63, 3.8) is 0 Å². The van der Waals surface area contributed by atoms with Gasteiger partial charge in [-0.3, -0.25) is 4.57 Å². The summed E-state index contributed by atoms with van der Waals surface area (Å²) in [6.07, 6.45) is 0. The van der Waals surface area contributed by atoms with Crippen molar-refractivity contribution < 1.29 is 0 Å². The summed E-state index contributed by atoms with van der Waals surface area (Å²) in [6.45, 7) is 0. The lowest BCUT2D eigenvalue weighted by Gasteiger charge is -2.14. The monoisotopic (exact) mass is 825 g/mol. The van der Waals surface area contributed by atoms with Crippen LogP contribution in [0.4, 0.5) is 0 Å². The van der Waals surface area contributed by atoms with Crippen LogP contribution in [0.2, 0.25) is 0 Å². The highest BCUT2D eigenvalue weighted by atomic mass is 32.1. The number of hydrogen-bond donors (Lipinski definition) is 0. The van der Waals surface area contributed by atoms with Gasteiger partial charge in [0.05, 0.1) is 22.1 Å². The molecule has 0 N–H and O–H groups in total. The molecule has 5 heterocycles. The standard InChI is InChI=1S/C55H31N5S2/c1-2-14-33-29-47-41(27-32(33)13-1)38-17-5-8-20-44(38)59(47)35-30-43(52-40-19-7-12-24-49(40)62-51(52)31-35)54-56-53(34-25-26-50-42(28-34)39-18-6-11-23-48(39)61-50)57-55(58-54)60-45-21-9-3-15-36(45)37-16-4-10-22-46(37)60/h1-31H. The van der Waals surface area contributed by atoms with Gasteiger partial charge in [0.1, 0.15) is 0 Å². The zero-order valence-corrected chi connectivity index (χ0v) is 34.6. The molecule has 0 amide bonds. The zero-order valence-electron chi connectivity index (χ0n) is 33.0. The number of rotatable bonds is 4. The SMILES string of the molecule is c1ccc2cc3c(cc2c1)c1ccccc1n3-c1cc(-c2nc(-c3ccc4sc5ccccc5c4c3)nc(-n3c4ccccc4c4ccccc43)n2)c2c(c1)sc1ccccc12. The normalized spacial score (nSPS) is 12.2. The highest BCUT2D eigenvalue weighted by molar-refractivity contribution is 7.26.